The molecule has 0 spiro atoms. The second-order valence-corrected chi connectivity index (χ2v) is 7.42. The summed E-state index contributed by atoms with van der Waals surface area (Å²) < 4.78 is 5.22. The first-order chi connectivity index (χ1) is 14.1. The molecule has 2 rings (SSSR count). The lowest BCUT2D eigenvalue weighted by Gasteiger charge is -2.19. The summed E-state index contributed by atoms with van der Waals surface area (Å²) >= 11 is 0. The number of amides is 2. The Bertz CT molecular complexity index is 962. The standard InChI is InChI=1S/C22H25N3O5/c1-5-17(20(27)28)25-19(26)18-12-15(14-9-7-6-8-10-14)11-16(24-18)13-23-21(29)30-22(2,3)4/h5-12H,13H2,1-4H3,(H,23,29)(H,25,26)(H,27,28)/b17-5-. The van der Waals surface area contributed by atoms with Gasteiger partial charge in [-0.3, -0.25) is 4.79 Å². The number of hydrogen-bond acceptors (Lipinski definition) is 5. The number of aromatic nitrogens is 1. The minimum Gasteiger partial charge on any atom is -0.477 e. The number of nitrogens with zero attached hydrogens (tertiary/aromatic N) is 1. The molecule has 2 aromatic rings. The molecule has 2 amide bonds. The fourth-order valence-corrected chi connectivity index (χ4v) is 2.50. The maximum Gasteiger partial charge on any atom is 0.407 e. The molecule has 1 aromatic heterocycles. The van der Waals surface area contributed by atoms with Gasteiger partial charge < -0.3 is 20.5 Å². The highest BCUT2D eigenvalue weighted by molar-refractivity contribution is 6.00. The van der Waals surface area contributed by atoms with E-state index in [1.807, 2.05) is 30.3 Å². The van der Waals surface area contributed by atoms with E-state index in [1.165, 1.54) is 13.0 Å². The number of nitrogens with one attached hydrogen (secondary N) is 2. The molecule has 158 valence electrons. The normalized spacial score (nSPS) is 11.5. The lowest BCUT2D eigenvalue weighted by molar-refractivity contribution is -0.133. The number of carbonyl (C=O) groups is 3. The molecular weight excluding hydrogens is 386 g/mol. The summed E-state index contributed by atoms with van der Waals surface area (Å²) in [6, 6.07) is 12.6. The van der Waals surface area contributed by atoms with Crippen molar-refractivity contribution < 1.29 is 24.2 Å². The van der Waals surface area contributed by atoms with Crippen LogP contribution in [0.2, 0.25) is 0 Å². The lowest BCUT2D eigenvalue weighted by Crippen LogP contribution is -2.32. The van der Waals surface area contributed by atoms with Gasteiger partial charge in [-0.25, -0.2) is 14.6 Å². The maximum atomic E-state index is 12.6. The molecule has 0 fully saturated rings. The third kappa shape index (κ3) is 6.73. The second-order valence-electron chi connectivity index (χ2n) is 7.42. The van der Waals surface area contributed by atoms with E-state index >= 15 is 0 Å². The van der Waals surface area contributed by atoms with Crippen molar-refractivity contribution in [2.45, 2.75) is 39.8 Å². The minimum atomic E-state index is -1.25. The van der Waals surface area contributed by atoms with E-state index in [1.54, 1.807) is 32.9 Å². The number of aliphatic carboxylic acids is 1. The summed E-state index contributed by atoms with van der Waals surface area (Å²) in [5.74, 6) is -1.92. The Labute approximate surface area is 175 Å². The van der Waals surface area contributed by atoms with E-state index < -0.39 is 23.6 Å². The summed E-state index contributed by atoms with van der Waals surface area (Å²) in [4.78, 5) is 40.0. The average Bonchev–Trinajstić information content (AvgIpc) is 2.69. The highest BCUT2D eigenvalue weighted by Crippen LogP contribution is 2.21. The Morgan fingerprint density at radius 1 is 1.10 bits per heavy atom. The molecule has 0 saturated carbocycles. The molecule has 0 saturated heterocycles. The molecule has 8 heteroatoms. The summed E-state index contributed by atoms with van der Waals surface area (Å²) in [7, 11) is 0. The molecule has 3 N–H and O–H groups in total. The summed E-state index contributed by atoms with van der Waals surface area (Å²) in [6.45, 7) is 6.80. The van der Waals surface area contributed by atoms with Crippen LogP contribution < -0.4 is 10.6 Å². The van der Waals surface area contributed by atoms with Gasteiger partial charge in [0.25, 0.3) is 5.91 Å². The Kier molecular flexibility index (Phi) is 7.30. The molecule has 1 heterocycles. The van der Waals surface area contributed by atoms with Crippen LogP contribution in [0.15, 0.2) is 54.2 Å². The topological polar surface area (TPSA) is 118 Å². The molecule has 0 aliphatic carbocycles. The van der Waals surface area contributed by atoms with Crippen molar-refractivity contribution in [2.75, 3.05) is 0 Å². The predicted octanol–water partition coefficient (Wildman–Crippen LogP) is 3.49. The van der Waals surface area contributed by atoms with Gasteiger partial charge in [-0.15, -0.1) is 0 Å². The SMILES string of the molecule is C/C=C(\NC(=O)c1cc(-c2ccccc2)cc(CNC(=O)OC(C)(C)C)n1)C(=O)O. The van der Waals surface area contributed by atoms with Crippen molar-refractivity contribution in [3.8, 4) is 11.1 Å². The fraction of sp³-hybridized carbons (Fsp3) is 0.273. The number of hydrogen-bond donors (Lipinski definition) is 3. The van der Waals surface area contributed by atoms with Crippen molar-refractivity contribution in [1.82, 2.24) is 15.6 Å². The van der Waals surface area contributed by atoms with Gasteiger partial charge in [0.1, 0.15) is 17.0 Å². The monoisotopic (exact) mass is 411 g/mol. The Balaban J connectivity index is 2.32. The Hall–Kier alpha value is -3.68. The van der Waals surface area contributed by atoms with Gasteiger partial charge in [0.2, 0.25) is 0 Å². The van der Waals surface area contributed by atoms with Crippen molar-refractivity contribution in [1.29, 1.82) is 0 Å². The van der Waals surface area contributed by atoms with Gasteiger partial charge in [-0.05, 0) is 51.0 Å². The molecule has 0 bridgehead atoms. The molecule has 0 radical (unpaired) electrons. The second kappa shape index (κ2) is 9.69. The van der Waals surface area contributed by atoms with E-state index in [4.69, 9.17) is 9.84 Å². The minimum absolute atomic E-state index is 0.0259. The van der Waals surface area contributed by atoms with Crippen LogP contribution in [-0.4, -0.2) is 33.7 Å². The lowest BCUT2D eigenvalue weighted by atomic mass is 10.0. The fourth-order valence-electron chi connectivity index (χ4n) is 2.50. The van der Waals surface area contributed by atoms with Crippen LogP contribution in [0.1, 0.15) is 43.9 Å². The number of carboxylic acid groups (broad SMARTS) is 1. The van der Waals surface area contributed by atoms with Gasteiger partial charge in [-0.2, -0.15) is 0 Å². The van der Waals surface area contributed by atoms with Crippen LogP contribution >= 0.6 is 0 Å². The number of allylic oxidation sites excluding steroid dienone is 1. The molecule has 0 atom stereocenters. The molecule has 0 aliphatic heterocycles. The third-order valence-electron chi connectivity index (χ3n) is 3.80. The quantitative estimate of drug-likeness (QED) is 0.626. The first-order valence-corrected chi connectivity index (χ1v) is 9.33. The van der Waals surface area contributed by atoms with Gasteiger partial charge in [0.05, 0.1) is 12.2 Å². The van der Waals surface area contributed by atoms with Crippen LogP contribution in [0, 0.1) is 0 Å². The number of pyridine rings is 1. The molecule has 0 aliphatic rings. The van der Waals surface area contributed by atoms with Crippen LogP contribution in [0.5, 0.6) is 0 Å². The van der Waals surface area contributed by atoms with Crippen molar-refractivity contribution in [3.05, 3.63) is 65.6 Å². The van der Waals surface area contributed by atoms with E-state index in [9.17, 15) is 14.4 Å². The highest BCUT2D eigenvalue weighted by Gasteiger charge is 2.18. The predicted molar refractivity (Wildman–Crippen MR) is 112 cm³/mol. The average molecular weight is 411 g/mol. The zero-order chi connectivity index (χ0) is 22.3. The van der Waals surface area contributed by atoms with Crippen LogP contribution in [-0.2, 0) is 16.1 Å². The summed E-state index contributed by atoms with van der Waals surface area (Å²) in [6.07, 6.45) is 0.675. The van der Waals surface area contributed by atoms with E-state index in [-0.39, 0.29) is 17.9 Å². The summed E-state index contributed by atoms with van der Waals surface area (Å²) in [5.41, 5.74) is 1.10. The number of carboxylic acids is 1. The van der Waals surface area contributed by atoms with E-state index in [0.29, 0.717) is 11.3 Å². The molecule has 30 heavy (non-hydrogen) atoms. The third-order valence-corrected chi connectivity index (χ3v) is 3.80. The van der Waals surface area contributed by atoms with Crippen LogP contribution in [0.25, 0.3) is 11.1 Å². The number of ether oxygens (including phenoxy) is 1. The van der Waals surface area contributed by atoms with Crippen LogP contribution in [0.4, 0.5) is 4.79 Å². The van der Waals surface area contributed by atoms with Crippen molar-refractivity contribution in [3.63, 3.8) is 0 Å². The van der Waals surface area contributed by atoms with E-state index in [2.05, 4.69) is 15.6 Å². The first-order valence-electron chi connectivity index (χ1n) is 9.33. The van der Waals surface area contributed by atoms with E-state index in [0.717, 1.165) is 5.56 Å². The molecular formula is C22H25N3O5. The van der Waals surface area contributed by atoms with Gasteiger partial charge in [-0.1, -0.05) is 36.4 Å². The van der Waals surface area contributed by atoms with Crippen molar-refractivity contribution >= 4 is 18.0 Å². The largest absolute Gasteiger partial charge is 0.477 e. The molecule has 1 aromatic carbocycles. The highest BCUT2D eigenvalue weighted by atomic mass is 16.6. The summed E-state index contributed by atoms with van der Waals surface area (Å²) in [5, 5.41) is 14.1. The smallest absolute Gasteiger partial charge is 0.407 e. The molecule has 8 nitrogen and oxygen atoms in total. The zero-order valence-electron chi connectivity index (χ0n) is 17.4. The maximum absolute atomic E-state index is 12.6. The van der Waals surface area contributed by atoms with Gasteiger partial charge in [0, 0.05) is 0 Å². The Morgan fingerprint density at radius 2 is 1.77 bits per heavy atom. The van der Waals surface area contributed by atoms with Crippen LogP contribution in [0.3, 0.4) is 0 Å². The zero-order valence-corrected chi connectivity index (χ0v) is 17.4. The Morgan fingerprint density at radius 3 is 2.33 bits per heavy atom. The molecule has 0 unspecified atom stereocenters. The first kappa shape index (κ1) is 22.6. The number of alkyl carbamates (subject to hydrolysis) is 1. The van der Waals surface area contributed by atoms with Gasteiger partial charge >= 0.3 is 12.1 Å². The number of rotatable bonds is 6. The number of carbonyl (C=O) groups excluding carboxylic acids is 2. The number of benzene rings is 1. The van der Waals surface area contributed by atoms with Crippen molar-refractivity contribution in [2.24, 2.45) is 0 Å². The van der Waals surface area contributed by atoms with Gasteiger partial charge in [0.15, 0.2) is 0 Å².